The molecule has 1 unspecified atom stereocenters. The normalized spacial score (nSPS) is 17.5. The lowest BCUT2D eigenvalue weighted by Crippen LogP contribution is -2.17. The first-order chi connectivity index (χ1) is 11.2. The third kappa shape index (κ3) is 7.65. The molecule has 0 bridgehead atoms. The van der Waals surface area contributed by atoms with Gasteiger partial charge in [0.05, 0.1) is 11.8 Å². The average Bonchev–Trinajstić information content (AvgIpc) is 3.25. The van der Waals surface area contributed by atoms with Crippen LogP contribution in [-0.2, 0) is 9.59 Å². The van der Waals surface area contributed by atoms with Crippen molar-refractivity contribution in [1.29, 1.82) is 0 Å². The van der Waals surface area contributed by atoms with Gasteiger partial charge < -0.3 is 15.3 Å². The van der Waals surface area contributed by atoms with E-state index in [-0.39, 0.29) is 24.4 Å². The average molecular weight is 342 g/mol. The van der Waals surface area contributed by atoms with Gasteiger partial charge in [0.1, 0.15) is 0 Å². The predicted octanol–water partition coefficient (Wildman–Crippen LogP) is 4.08. The van der Waals surface area contributed by atoms with Crippen LogP contribution in [-0.4, -0.2) is 33.9 Å². The summed E-state index contributed by atoms with van der Waals surface area (Å²) in [6, 6.07) is 0. The second-order valence-electron chi connectivity index (χ2n) is 8.36. The van der Waals surface area contributed by atoms with E-state index in [1.54, 1.807) is 0 Å². The Morgan fingerprint density at radius 3 is 2.08 bits per heavy atom. The van der Waals surface area contributed by atoms with E-state index >= 15 is 0 Å². The lowest BCUT2D eigenvalue weighted by molar-refractivity contribution is -0.143. The first-order valence-electron chi connectivity index (χ1n) is 9.27. The van der Waals surface area contributed by atoms with Gasteiger partial charge in [-0.15, -0.1) is 0 Å². The fourth-order valence-corrected chi connectivity index (χ4v) is 3.48. The summed E-state index contributed by atoms with van der Waals surface area (Å²) in [4.78, 5) is 21.9. The maximum atomic E-state index is 11.1. The Labute approximate surface area is 145 Å². The number of hydrogen-bond donors (Lipinski definition) is 3. The van der Waals surface area contributed by atoms with Crippen LogP contribution in [0.3, 0.4) is 0 Å². The van der Waals surface area contributed by atoms with Crippen LogP contribution >= 0.6 is 0 Å². The SMILES string of the molecule is CC(C)(CCCCC(CO)CCCCC1(C(=O)O)CC1)CC(=O)O. The minimum absolute atomic E-state index is 0.171. The number of carboxylic acid groups (broad SMARTS) is 2. The highest BCUT2D eigenvalue weighted by Crippen LogP contribution is 2.50. The Balaban J connectivity index is 2.12. The Hall–Kier alpha value is -1.10. The molecule has 0 aromatic heterocycles. The van der Waals surface area contributed by atoms with Crippen molar-refractivity contribution in [3.8, 4) is 0 Å². The number of aliphatic carboxylic acids is 2. The third-order valence-electron chi connectivity index (χ3n) is 5.43. The van der Waals surface area contributed by atoms with Gasteiger partial charge in [-0.1, -0.05) is 39.5 Å². The molecule has 1 rings (SSSR count). The number of unbranched alkanes of at least 4 members (excludes halogenated alkanes) is 2. The zero-order valence-electron chi connectivity index (χ0n) is 15.2. The van der Waals surface area contributed by atoms with Crippen LogP contribution in [0.15, 0.2) is 0 Å². The molecular weight excluding hydrogens is 308 g/mol. The monoisotopic (exact) mass is 342 g/mol. The molecule has 1 aliphatic carbocycles. The van der Waals surface area contributed by atoms with Crippen molar-refractivity contribution in [2.24, 2.45) is 16.7 Å². The molecule has 0 aromatic carbocycles. The van der Waals surface area contributed by atoms with E-state index in [1.807, 2.05) is 13.8 Å². The first-order valence-corrected chi connectivity index (χ1v) is 9.27. The second-order valence-corrected chi connectivity index (χ2v) is 8.36. The maximum Gasteiger partial charge on any atom is 0.309 e. The van der Waals surface area contributed by atoms with Gasteiger partial charge >= 0.3 is 11.9 Å². The quantitative estimate of drug-likeness (QED) is 0.413. The standard InChI is InChI=1S/C19H34O5/c1-18(2,13-16(21)22)9-5-3-7-15(14-20)8-4-6-10-19(11-12-19)17(23)24/h15,20H,3-14H2,1-2H3,(H,21,22)(H,23,24). The largest absolute Gasteiger partial charge is 0.481 e. The highest BCUT2D eigenvalue weighted by Gasteiger charge is 2.49. The summed E-state index contributed by atoms with van der Waals surface area (Å²) in [6.07, 6.45) is 9.29. The van der Waals surface area contributed by atoms with Crippen LogP contribution in [0.25, 0.3) is 0 Å². The Kier molecular flexibility index (Phi) is 8.20. The second kappa shape index (κ2) is 9.40. The number of rotatable bonds is 14. The molecule has 5 heteroatoms. The van der Waals surface area contributed by atoms with Gasteiger partial charge in [-0.3, -0.25) is 9.59 Å². The van der Waals surface area contributed by atoms with Crippen molar-refractivity contribution < 1.29 is 24.9 Å². The first kappa shape index (κ1) is 20.9. The predicted molar refractivity (Wildman–Crippen MR) is 92.8 cm³/mol. The van der Waals surface area contributed by atoms with Gasteiger partial charge in [-0.25, -0.2) is 0 Å². The number of carboxylic acids is 2. The van der Waals surface area contributed by atoms with Crippen LogP contribution < -0.4 is 0 Å². The summed E-state index contributed by atoms with van der Waals surface area (Å²) in [7, 11) is 0. The fraction of sp³-hybridized carbons (Fsp3) is 0.895. The molecule has 3 N–H and O–H groups in total. The van der Waals surface area contributed by atoms with Crippen molar-refractivity contribution in [3.05, 3.63) is 0 Å². The zero-order chi connectivity index (χ0) is 18.2. The molecule has 140 valence electrons. The van der Waals surface area contributed by atoms with Crippen molar-refractivity contribution in [3.63, 3.8) is 0 Å². The van der Waals surface area contributed by atoms with Gasteiger partial charge in [-0.2, -0.15) is 0 Å². The number of aliphatic hydroxyl groups is 1. The Morgan fingerprint density at radius 1 is 1.04 bits per heavy atom. The van der Waals surface area contributed by atoms with Gasteiger partial charge in [0.2, 0.25) is 0 Å². The molecular formula is C19H34O5. The summed E-state index contributed by atoms with van der Waals surface area (Å²) in [5.74, 6) is -1.11. The van der Waals surface area contributed by atoms with E-state index in [1.165, 1.54) is 0 Å². The summed E-state index contributed by atoms with van der Waals surface area (Å²) in [5, 5.41) is 27.5. The summed E-state index contributed by atoms with van der Waals surface area (Å²) in [6.45, 7) is 4.16. The van der Waals surface area contributed by atoms with Gasteiger partial charge in [0, 0.05) is 6.61 Å². The molecule has 0 saturated heterocycles. The molecule has 1 aliphatic rings. The zero-order valence-corrected chi connectivity index (χ0v) is 15.2. The number of aliphatic hydroxyl groups excluding tert-OH is 1. The minimum Gasteiger partial charge on any atom is -0.481 e. The van der Waals surface area contributed by atoms with E-state index in [4.69, 9.17) is 10.2 Å². The van der Waals surface area contributed by atoms with Crippen molar-refractivity contribution >= 4 is 11.9 Å². The highest BCUT2D eigenvalue weighted by atomic mass is 16.4. The molecule has 0 heterocycles. The lowest BCUT2D eigenvalue weighted by atomic mass is 9.83. The smallest absolute Gasteiger partial charge is 0.309 e. The van der Waals surface area contributed by atoms with E-state index in [0.717, 1.165) is 64.2 Å². The van der Waals surface area contributed by atoms with E-state index in [0.29, 0.717) is 0 Å². The summed E-state index contributed by atoms with van der Waals surface area (Å²) in [5.41, 5.74) is -0.597. The third-order valence-corrected chi connectivity index (χ3v) is 5.43. The molecule has 0 aromatic rings. The molecule has 0 spiro atoms. The van der Waals surface area contributed by atoms with E-state index < -0.39 is 17.4 Å². The van der Waals surface area contributed by atoms with Crippen LogP contribution in [0, 0.1) is 16.7 Å². The summed E-state index contributed by atoms with van der Waals surface area (Å²) < 4.78 is 0. The van der Waals surface area contributed by atoms with E-state index in [2.05, 4.69) is 0 Å². The van der Waals surface area contributed by atoms with Gasteiger partial charge in [0.25, 0.3) is 0 Å². The molecule has 1 fully saturated rings. The van der Waals surface area contributed by atoms with Crippen LogP contribution in [0.2, 0.25) is 0 Å². The molecule has 24 heavy (non-hydrogen) atoms. The Bertz CT molecular complexity index is 412. The van der Waals surface area contributed by atoms with E-state index in [9.17, 15) is 14.7 Å². The van der Waals surface area contributed by atoms with Gasteiger partial charge in [-0.05, 0) is 49.9 Å². The maximum absolute atomic E-state index is 11.1. The number of carbonyl (C=O) groups is 2. The topological polar surface area (TPSA) is 94.8 Å². The fourth-order valence-electron chi connectivity index (χ4n) is 3.48. The number of hydrogen-bond acceptors (Lipinski definition) is 3. The van der Waals surface area contributed by atoms with Crippen LogP contribution in [0.4, 0.5) is 0 Å². The van der Waals surface area contributed by atoms with Crippen LogP contribution in [0.1, 0.15) is 84.5 Å². The molecule has 5 nitrogen and oxygen atoms in total. The molecule has 0 radical (unpaired) electrons. The van der Waals surface area contributed by atoms with Crippen LogP contribution in [0.5, 0.6) is 0 Å². The Morgan fingerprint density at radius 2 is 1.62 bits per heavy atom. The van der Waals surface area contributed by atoms with Crippen molar-refractivity contribution in [1.82, 2.24) is 0 Å². The van der Waals surface area contributed by atoms with Gasteiger partial charge in [0.15, 0.2) is 0 Å². The molecule has 0 aliphatic heterocycles. The van der Waals surface area contributed by atoms with Crippen molar-refractivity contribution in [2.45, 2.75) is 84.5 Å². The lowest BCUT2D eigenvalue weighted by Gasteiger charge is -2.22. The molecule has 1 saturated carbocycles. The van der Waals surface area contributed by atoms with Crippen molar-refractivity contribution in [2.75, 3.05) is 6.61 Å². The highest BCUT2D eigenvalue weighted by molar-refractivity contribution is 5.77. The molecule has 0 amide bonds. The minimum atomic E-state index is -0.747. The summed E-state index contributed by atoms with van der Waals surface area (Å²) >= 11 is 0. The molecule has 1 atom stereocenters.